The Morgan fingerprint density at radius 1 is 1.12 bits per heavy atom. The number of fused-ring (bicyclic) bond motifs is 1. The van der Waals surface area contributed by atoms with Crippen LogP contribution in [0.1, 0.15) is 28.8 Å². The van der Waals surface area contributed by atoms with Crippen molar-refractivity contribution in [2.24, 2.45) is 0 Å². The molecule has 26 heavy (non-hydrogen) atoms. The maximum absolute atomic E-state index is 12.5. The third kappa shape index (κ3) is 3.63. The van der Waals surface area contributed by atoms with E-state index in [1.54, 1.807) is 0 Å². The summed E-state index contributed by atoms with van der Waals surface area (Å²) in [5.74, 6) is -0.107. The van der Waals surface area contributed by atoms with Crippen molar-refractivity contribution in [2.45, 2.75) is 26.3 Å². The highest BCUT2D eigenvalue weighted by Gasteiger charge is 2.13. The number of aromatic nitrogens is 2. The minimum Gasteiger partial charge on any atom is -0.329 e. The third-order valence-electron chi connectivity index (χ3n) is 5.01. The number of aryl methyl sites for hydroxylation is 1. The predicted octanol–water partition coefficient (Wildman–Crippen LogP) is 3.69. The van der Waals surface area contributed by atoms with Crippen LogP contribution in [0, 0.1) is 6.92 Å². The van der Waals surface area contributed by atoms with Gasteiger partial charge in [-0.15, -0.1) is 0 Å². The molecular weight excluding hydrogens is 324 g/mol. The first-order valence-corrected chi connectivity index (χ1v) is 9.24. The molecule has 1 fully saturated rings. The SMILES string of the molecule is Cc1cccc(NC(=O)c2ccc3c(c2)ncn3CCN2CCCC2)c1. The minimum absolute atomic E-state index is 0.107. The first-order chi connectivity index (χ1) is 12.7. The number of carbonyl (C=O) groups is 1. The molecule has 5 heteroatoms. The molecule has 0 bridgehead atoms. The topological polar surface area (TPSA) is 50.2 Å². The lowest BCUT2D eigenvalue weighted by atomic mass is 10.1. The van der Waals surface area contributed by atoms with E-state index in [1.807, 2.05) is 55.7 Å². The zero-order chi connectivity index (χ0) is 17.9. The zero-order valence-electron chi connectivity index (χ0n) is 15.1. The second kappa shape index (κ2) is 7.30. The number of imidazole rings is 1. The average Bonchev–Trinajstić information content (AvgIpc) is 3.29. The summed E-state index contributed by atoms with van der Waals surface area (Å²) in [6.07, 6.45) is 4.50. The maximum atomic E-state index is 12.5. The number of anilines is 1. The molecule has 0 unspecified atom stereocenters. The number of hydrogen-bond acceptors (Lipinski definition) is 3. The Hall–Kier alpha value is -2.66. The van der Waals surface area contributed by atoms with Crippen LogP contribution in [0.2, 0.25) is 0 Å². The van der Waals surface area contributed by atoms with Gasteiger partial charge in [-0.25, -0.2) is 4.98 Å². The smallest absolute Gasteiger partial charge is 0.255 e. The van der Waals surface area contributed by atoms with Crippen LogP contribution in [0.5, 0.6) is 0 Å². The summed E-state index contributed by atoms with van der Waals surface area (Å²) in [7, 11) is 0. The molecule has 134 valence electrons. The van der Waals surface area contributed by atoms with Crippen LogP contribution in [-0.4, -0.2) is 40.0 Å². The third-order valence-corrected chi connectivity index (χ3v) is 5.01. The van der Waals surface area contributed by atoms with Gasteiger partial charge in [0.2, 0.25) is 0 Å². The number of nitrogens with one attached hydrogen (secondary N) is 1. The molecule has 1 amide bonds. The molecule has 3 aromatic rings. The number of amides is 1. The van der Waals surface area contributed by atoms with Crippen LogP contribution in [0.3, 0.4) is 0 Å². The summed E-state index contributed by atoms with van der Waals surface area (Å²) in [6.45, 7) is 6.41. The lowest BCUT2D eigenvalue weighted by molar-refractivity contribution is 0.102. The van der Waals surface area contributed by atoms with E-state index in [4.69, 9.17) is 0 Å². The van der Waals surface area contributed by atoms with Crippen molar-refractivity contribution in [3.8, 4) is 0 Å². The van der Waals surface area contributed by atoms with E-state index in [2.05, 4.69) is 19.8 Å². The van der Waals surface area contributed by atoms with Crippen molar-refractivity contribution in [3.63, 3.8) is 0 Å². The van der Waals surface area contributed by atoms with Crippen molar-refractivity contribution < 1.29 is 4.79 Å². The van der Waals surface area contributed by atoms with Gasteiger partial charge in [0.25, 0.3) is 5.91 Å². The molecule has 0 saturated carbocycles. The van der Waals surface area contributed by atoms with Crippen LogP contribution in [0.25, 0.3) is 11.0 Å². The molecule has 0 aliphatic carbocycles. The highest BCUT2D eigenvalue weighted by Crippen LogP contribution is 2.18. The van der Waals surface area contributed by atoms with E-state index in [-0.39, 0.29) is 5.91 Å². The number of benzene rings is 2. The van der Waals surface area contributed by atoms with Gasteiger partial charge in [0, 0.05) is 24.3 Å². The van der Waals surface area contributed by atoms with Crippen molar-refractivity contribution >= 4 is 22.6 Å². The normalized spacial score (nSPS) is 14.8. The van der Waals surface area contributed by atoms with E-state index in [0.717, 1.165) is 35.4 Å². The molecule has 2 heterocycles. The van der Waals surface area contributed by atoms with Crippen molar-refractivity contribution in [3.05, 3.63) is 59.9 Å². The van der Waals surface area contributed by atoms with Gasteiger partial charge < -0.3 is 14.8 Å². The Morgan fingerprint density at radius 3 is 2.77 bits per heavy atom. The van der Waals surface area contributed by atoms with Crippen molar-refractivity contribution in [1.82, 2.24) is 14.5 Å². The van der Waals surface area contributed by atoms with E-state index in [0.29, 0.717) is 5.56 Å². The molecule has 5 nitrogen and oxygen atoms in total. The maximum Gasteiger partial charge on any atom is 0.255 e. The fraction of sp³-hybridized carbons (Fsp3) is 0.333. The largest absolute Gasteiger partial charge is 0.329 e. The van der Waals surface area contributed by atoms with Crippen molar-refractivity contribution in [1.29, 1.82) is 0 Å². The molecule has 1 saturated heterocycles. The van der Waals surface area contributed by atoms with Gasteiger partial charge in [0.05, 0.1) is 17.4 Å². The molecule has 0 spiro atoms. The second-order valence-electron chi connectivity index (χ2n) is 7.01. The number of likely N-dealkylation sites (tertiary alicyclic amines) is 1. The molecule has 4 rings (SSSR count). The Labute approximate surface area is 153 Å². The Bertz CT molecular complexity index is 925. The molecule has 0 radical (unpaired) electrons. The predicted molar refractivity (Wildman–Crippen MR) is 105 cm³/mol. The van der Waals surface area contributed by atoms with E-state index < -0.39 is 0 Å². The highest BCUT2D eigenvalue weighted by atomic mass is 16.1. The average molecular weight is 348 g/mol. The summed E-state index contributed by atoms with van der Waals surface area (Å²) in [4.78, 5) is 19.5. The van der Waals surface area contributed by atoms with Crippen LogP contribution < -0.4 is 5.32 Å². The lowest BCUT2D eigenvalue weighted by Gasteiger charge is -2.15. The first kappa shape index (κ1) is 16.8. The van der Waals surface area contributed by atoms with Gasteiger partial charge >= 0.3 is 0 Å². The second-order valence-corrected chi connectivity index (χ2v) is 7.01. The van der Waals surface area contributed by atoms with E-state index in [9.17, 15) is 4.79 Å². The summed E-state index contributed by atoms with van der Waals surface area (Å²) in [5, 5.41) is 2.95. The van der Waals surface area contributed by atoms with Crippen LogP contribution in [0.4, 0.5) is 5.69 Å². The minimum atomic E-state index is -0.107. The summed E-state index contributed by atoms with van der Waals surface area (Å²) in [6, 6.07) is 13.6. The van der Waals surface area contributed by atoms with Gasteiger partial charge in [-0.05, 0) is 68.8 Å². The molecule has 2 aromatic carbocycles. The molecule has 1 aliphatic rings. The Balaban J connectivity index is 1.48. The fourth-order valence-electron chi connectivity index (χ4n) is 3.56. The van der Waals surface area contributed by atoms with E-state index >= 15 is 0 Å². The van der Waals surface area contributed by atoms with Gasteiger partial charge in [-0.2, -0.15) is 0 Å². The summed E-state index contributed by atoms with van der Waals surface area (Å²) >= 11 is 0. The van der Waals surface area contributed by atoms with Gasteiger partial charge in [0.15, 0.2) is 0 Å². The van der Waals surface area contributed by atoms with E-state index in [1.165, 1.54) is 25.9 Å². The molecular formula is C21H24N4O. The van der Waals surface area contributed by atoms with Crippen LogP contribution >= 0.6 is 0 Å². The zero-order valence-corrected chi connectivity index (χ0v) is 15.1. The number of hydrogen-bond donors (Lipinski definition) is 1. The van der Waals surface area contributed by atoms with Crippen molar-refractivity contribution in [2.75, 3.05) is 25.0 Å². The molecule has 0 atom stereocenters. The number of rotatable bonds is 5. The van der Waals surface area contributed by atoms with Gasteiger partial charge in [0.1, 0.15) is 0 Å². The van der Waals surface area contributed by atoms with Gasteiger partial charge in [-0.3, -0.25) is 4.79 Å². The molecule has 1 aliphatic heterocycles. The Kier molecular flexibility index (Phi) is 4.71. The number of carbonyl (C=O) groups excluding carboxylic acids is 1. The van der Waals surface area contributed by atoms with Gasteiger partial charge in [-0.1, -0.05) is 12.1 Å². The standard InChI is InChI=1S/C21H24N4O/c1-16-5-4-6-18(13-16)23-21(26)17-7-8-20-19(14-17)22-15-25(20)12-11-24-9-2-3-10-24/h4-8,13-15H,2-3,9-12H2,1H3,(H,23,26). The summed E-state index contributed by atoms with van der Waals surface area (Å²) < 4.78 is 2.18. The fourth-order valence-corrected chi connectivity index (χ4v) is 3.56. The Morgan fingerprint density at radius 2 is 1.96 bits per heavy atom. The monoisotopic (exact) mass is 348 g/mol. The van der Waals surface area contributed by atoms with Crippen LogP contribution in [0.15, 0.2) is 48.8 Å². The lowest BCUT2D eigenvalue weighted by Crippen LogP contribution is -2.23. The first-order valence-electron chi connectivity index (χ1n) is 9.24. The quantitative estimate of drug-likeness (QED) is 0.765. The number of nitrogens with zero attached hydrogens (tertiary/aromatic N) is 3. The van der Waals surface area contributed by atoms with Crippen LogP contribution in [-0.2, 0) is 6.54 Å². The molecule has 1 aromatic heterocycles. The highest BCUT2D eigenvalue weighted by molar-refractivity contribution is 6.05. The summed E-state index contributed by atoms with van der Waals surface area (Å²) in [5.41, 5.74) is 4.50. The molecule has 1 N–H and O–H groups in total.